The molecule has 0 spiro atoms. The third-order valence-corrected chi connectivity index (χ3v) is 1.86. The fraction of sp³-hybridized carbons (Fsp3) is 0.300. The van der Waals surface area contributed by atoms with Crippen LogP contribution in [0.5, 0.6) is 0 Å². The molecular weight excluding hydrogens is 200 g/mol. The van der Waals surface area contributed by atoms with Crippen LogP contribution >= 0.6 is 12.4 Å². The SMILES string of the molecule is C[C@@H](NC(=O)CN)c1ccccc1.Cl. The predicted molar refractivity (Wildman–Crippen MR) is 59.3 cm³/mol. The summed E-state index contributed by atoms with van der Waals surface area (Å²) in [7, 11) is 0. The van der Waals surface area contributed by atoms with Gasteiger partial charge in [-0.1, -0.05) is 30.3 Å². The van der Waals surface area contributed by atoms with Crippen molar-refractivity contribution in [3.05, 3.63) is 35.9 Å². The quantitative estimate of drug-likeness (QED) is 0.796. The van der Waals surface area contributed by atoms with Gasteiger partial charge in [-0.25, -0.2) is 0 Å². The molecule has 0 aromatic heterocycles. The Labute approximate surface area is 90.1 Å². The van der Waals surface area contributed by atoms with E-state index in [-0.39, 0.29) is 30.9 Å². The number of rotatable bonds is 3. The summed E-state index contributed by atoms with van der Waals surface area (Å²) in [5.41, 5.74) is 6.27. The number of nitrogens with one attached hydrogen (secondary N) is 1. The van der Waals surface area contributed by atoms with E-state index in [0.717, 1.165) is 5.56 Å². The second-order valence-corrected chi connectivity index (χ2v) is 2.90. The molecule has 1 atom stereocenters. The van der Waals surface area contributed by atoms with Crippen molar-refractivity contribution in [3.63, 3.8) is 0 Å². The lowest BCUT2D eigenvalue weighted by Gasteiger charge is -2.12. The van der Waals surface area contributed by atoms with Gasteiger partial charge in [0, 0.05) is 0 Å². The third-order valence-electron chi connectivity index (χ3n) is 1.86. The molecule has 0 unspecified atom stereocenters. The molecule has 1 aromatic carbocycles. The lowest BCUT2D eigenvalue weighted by molar-refractivity contribution is -0.120. The van der Waals surface area contributed by atoms with Crippen molar-refractivity contribution in [1.82, 2.24) is 5.32 Å². The van der Waals surface area contributed by atoms with Gasteiger partial charge in [-0.15, -0.1) is 12.4 Å². The maximum atomic E-state index is 11.0. The maximum absolute atomic E-state index is 11.0. The zero-order valence-corrected chi connectivity index (χ0v) is 8.88. The van der Waals surface area contributed by atoms with Gasteiger partial charge in [-0.05, 0) is 12.5 Å². The van der Waals surface area contributed by atoms with Gasteiger partial charge in [-0.2, -0.15) is 0 Å². The lowest BCUT2D eigenvalue weighted by atomic mass is 10.1. The first-order valence-corrected chi connectivity index (χ1v) is 4.28. The van der Waals surface area contributed by atoms with Gasteiger partial charge in [0.25, 0.3) is 0 Å². The van der Waals surface area contributed by atoms with Crippen LogP contribution in [0.25, 0.3) is 0 Å². The Kier molecular flexibility index (Phi) is 5.92. The smallest absolute Gasteiger partial charge is 0.234 e. The van der Waals surface area contributed by atoms with Gasteiger partial charge < -0.3 is 11.1 Å². The molecule has 1 rings (SSSR count). The molecule has 0 saturated carbocycles. The number of benzene rings is 1. The third kappa shape index (κ3) is 3.77. The molecule has 0 aliphatic rings. The molecular formula is C10H15ClN2O. The summed E-state index contributed by atoms with van der Waals surface area (Å²) in [6, 6.07) is 9.81. The first kappa shape index (κ1) is 12.9. The number of amides is 1. The van der Waals surface area contributed by atoms with E-state index in [4.69, 9.17) is 5.73 Å². The summed E-state index contributed by atoms with van der Waals surface area (Å²) in [4.78, 5) is 11.0. The van der Waals surface area contributed by atoms with Crippen molar-refractivity contribution in [3.8, 4) is 0 Å². The molecule has 0 saturated heterocycles. The van der Waals surface area contributed by atoms with Gasteiger partial charge in [0.1, 0.15) is 0 Å². The molecule has 0 bridgehead atoms. The second-order valence-electron chi connectivity index (χ2n) is 2.90. The van der Waals surface area contributed by atoms with Gasteiger partial charge in [0.05, 0.1) is 12.6 Å². The molecule has 0 heterocycles. The Balaban J connectivity index is 0.00000169. The van der Waals surface area contributed by atoms with Crippen LogP contribution in [0.2, 0.25) is 0 Å². The highest BCUT2D eigenvalue weighted by atomic mass is 35.5. The van der Waals surface area contributed by atoms with Crippen LogP contribution in [0.4, 0.5) is 0 Å². The fourth-order valence-electron chi connectivity index (χ4n) is 1.13. The topological polar surface area (TPSA) is 55.1 Å². The van der Waals surface area contributed by atoms with Gasteiger partial charge in [0.15, 0.2) is 0 Å². The first-order chi connectivity index (χ1) is 6.24. The fourth-order valence-corrected chi connectivity index (χ4v) is 1.13. The zero-order chi connectivity index (χ0) is 9.68. The largest absolute Gasteiger partial charge is 0.348 e. The second kappa shape index (κ2) is 6.40. The highest BCUT2D eigenvalue weighted by Gasteiger charge is 2.06. The molecule has 3 N–H and O–H groups in total. The van der Waals surface area contributed by atoms with E-state index in [9.17, 15) is 4.79 Å². The minimum Gasteiger partial charge on any atom is -0.348 e. The van der Waals surface area contributed by atoms with Crippen LogP contribution in [0.3, 0.4) is 0 Å². The zero-order valence-electron chi connectivity index (χ0n) is 8.07. The van der Waals surface area contributed by atoms with E-state index in [1.54, 1.807) is 0 Å². The molecule has 0 aliphatic heterocycles. The highest BCUT2D eigenvalue weighted by molar-refractivity contribution is 5.85. The summed E-state index contributed by atoms with van der Waals surface area (Å²) < 4.78 is 0. The van der Waals surface area contributed by atoms with E-state index in [0.29, 0.717) is 0 Å². The van der Waals surface area contributed by atoms with E-state index >= 15 is 0 Å². The van der Waals surface area contributed by atoms with Gasteiger partial charge >= 0.3 is 0 Å². The Morgan fingerprint density at radius 3 is 2.50 bits per heavy atom. The minimum atomic E-state index is -0.128. The van der Waals surface area contributed by atoms with Gasteiger partial charge in [-0.3, -0.25) is 4.79 Å². The normalized spacial score (nSPS) is 11.3. The predicted octanol–water partition coefficient (Wildman–Crippen LogP) is 1.24. The van der Waals surface area contributed by atoms with Crippen molar-refractivity contribution in [2.24, 2.45) is 5.73 Å². The van der Waals surface area contributed by atoms with Crippen molar-refractivity contribution in [2.75, 3.05) is 6.54 Å². The number of carbonyl (C=O) groups is 1. The minimum absolute atomic E-state index is 0. The van der Waals surface area contributed by atoms with Gasteiger partial charge in [0.2, 0.25) is 5.91 Å². The molecule has 4 heteroatoms. The Bertz CT molecular complexity index is 277. The number of hydrogen-bond donors (Lipinski definition) is 2. The maximum Gasteiger partial charge on any atom is 0.234 e. The Hall–Kier alpha value is -1.06. The van der Waals surface area contributed by atoms with Crippen LogP contribution in [0.1, 0.15) is 18.5 Å². The molecule has 1 amide bonds. The summed E-state index contributed by atoms with van der Waals surface area (Å²) in [6.45, 7) is 1.97. The molecule has 1 aromatic rings. The average Bonchev–Trinajstić information content (AvgIpc) is 2.19. The van der Waals surface area contributed by atoms with Crippen molar-refractivity contribution in [1.29, 1.82) is 0 Å². The summed E-state index contributed by atoms with van der Waals surface area (Å²) in [5, 5.41) is 2.78. The molecule has 3 nitrogen and oxygen atoms in total. The number of hydrogen-bond acceptors (Lipinski definition) is 2. The summed E-state index contributed by atoms with van der Waals surface area (Å²) in [5.74, 6) is -0.128. The molecule has 0 aliphatic carbocycles. The number of carbonyl (C=O) groups excluding carboxylic acids is 1. The lowest BCUT2D eigenvalue weighted by Crippen LogP contribution is -2.32. The summed E-state index contributed by atoms with van der Waals surface area (Å²) in [6.07, 6.45) is 0. The van der Waals surface area contributed by atoms with Crippen LogP contribution in [0.15, 0.2) is 30.3 Å². The van der Waals surface area contributed by atoms with Crippen molar-refractivity contribution in [2.45, 2.75) is 13.0 Å². The van der Waals surface area contributed by atoms with Crippen molar-refractivity contribution >= 4 is 18.3 Å². The number of nitrogens with two attached hydrogens (primary N) is 1. The Morgan fingerprint density at radius 2 is 2.00 bits per heavy atom. The van der Waals surface area contributed by atoms with Crippen LogP contribution in [-0.2, 0) is 4.79 Å². The Morgan fingerprint density at radius 1 is 1.43 bits per heavy atom. The monoisotopic (exact) mass is 214 g/mol. The molecule has 14 heavy (non-hydrogen) atoms. The first-order valence-electron chi connectivity index (χ1n) is 4.28. The summed E-state index contributed by atoms with van der Waals surface area (Å²) >= 11 is 0. The van der Waals surface area contributed by atoms with E-state index in [1.165, 1.54) is 0 Å². The number of halogens is 1. The van der Waals surface area contributed by atoms with E-state index in [1.807, 2.05) is 37.3 Å². The van der Waals surface area contributed by atoms with Crippen LogP contribution in [0, 0.1) is 0 Å². The van der Waals surface area contributed by atoms with E-state index < -0.39 is 0 Å². The standard InChI is InChI=1S/C10H14N2O.ClH/c1-8(12-10(13)7-11)9-5-3-2-4-6-9;/h2-6,8H,7,11H2,1H3,(H,12,13);1H/t8-;/m1./s1. The molecule has 0 fully saturated rings. The highest BCUT2D eigenvalue weighted by Crippen LogP contribution is 2.10. The molecule has 78 valence electrons. The molecule has 0 radical (unpaired) electrons. The van der Waals surface area contributed by atoms with E-state index in [2.05, 4.69) is 5.32 Å². The van der Waals surface area contributed by atoms with Crippen LogP contribution in [-0.4, -0.2) is 12.5 Å². The van der Waals surface area contributed by atoms with Crippen molar-refractivity contribution < 1.29 is 4.79 Å². The average molecular weight is 215 g/mol. The van der Waals surface area contributed by atoms with Crippen LogP contribution < -0.4 is 11.1 Å².